The molecule has 1 saturated carbocycles. The van der Waals surface area contributed by atoms with E-state index in [2.05, 4.69) is 5.32 Å². The van der Waals surface area contributed by atoms with Crippen molar-refractivity contribution in [3.05, 3.63) is 29.6 Å². The summed E-state index contributed by atoms with van der Waals surface area (Å²) in [5.41, 5.74) is 1.41. The van der Waals surface area contributed by atoms with Crippen LogP contribution in [0.4, 0.5) is 10.1 Å². The van der Waals surface area contributed by atoms with E-state index < -0.39 is 0 Å². The van der Waals surface area contributed by atoms with Crippen LogP contribution in [0.2, 0.25) is 0 Å². The Labute approximate surface area is 95.5 Å². The fraction of sp³-hybridized carbons (Fsp3) is 0.538. The van der Waals surface area contributed by atoms with Gasteiger partial charge in [-0.15, -0.1) is 0 Å². The van der Waals surface area contributed by atoms with Gasteiger partial charge in [-0.05, 0) is 37.5 Å². The van der Waals surface area contributed by atoms with Crippen LogP contribution in [-0.2, 0) is 0 Å². The monoisotopic (exact) mass is 223 g/mol. The van der Waals surface area contributed by atoms with Crippen molar-refractivity contribution >= 4 is 5.69 Å². The van der Waals surface area contributed by atoms with Crippen LogP contribution in [-0.4, -0.2) is 17.3 Å². The van der Waals surface area contributed by atoms with Gasteiger partial charge < -0.3 is 10.4 Å². The first-order valence-electron chi connectivity index (χ1n) is 5.87. The summed E-state index contributed by atoms with van der Waals surface area (Å²) < 4.78 is 13.3. The van der Waals surface area contributed by atoms with Crippen molar-refractivity contribution in [1.29, 1.82) is 0 Å². The predicted molar refractivity (Wildman–Crippen MR) is 63.0 cm³/mol. The summed E-state index contributed by atoms with van der Waals surface area (Å²) in [6.07, 6.45) is 3.70. The molecule has 2 rings (SSSR count). The van der Waals surface area contributed by atoms with Crippen LogP contribution in [0, 0.1) is 12.7 Å². The van der Waals surface area contributed by atoms with E-state index in [-0.39, 0.29) is 18.0 Å². The number of rotatable bonds is 2. The van der Waals surface area contributed by atoms with Gasteiger partial charge in [0.2, 0.25) is 0 Å². The highest BCUT2D eigenvalue weighted by molar-refractivity contribution is 5.46. The molecule has 0 amide bonds. The molecule has 2 atom stereocenters. The van der Waals surface area contributed by atoms with Gasteiger partial charge in [0.1, 0.15) is 5.82 Å². The fourth-order valence-corrected chi connectivity index (χ4v) is 2.18. The van der Waals surface area contributed by atoms with Gasteiger partial charge in [-0.25, -0.2) is 4.39 Å². The Kier molecular flexibility index (Phi) is 3.44. The van der Waals surface area contributed by atoms with E-state index in [0.717, 1.165) is 31.4 Å². The van der Waals surface area contributed by atoms with Gasteiger partial charge in [0.25, 0.3) is 0 Å². The molecule has 0 aliphatic heterocycles. The first kappa shape index (κ1) is 11.4. The maximum Gasteiger partial charge on any atom is 0.128 e. The molecular weight excluding hydrogens is 205 g/mol. The Hall–Kier alpha value is -1.09. The standard InChI is InChI=1S/C13H18FNO/c1-9-6-7-10(8-11(9)14)15-12-4-2-3-5-13(12)16/h6-8,12-13,15-16H,2-5H2,1H3. The number of hydrogen-bond donors (Lipinski definition) is 2. The molecule has 0 spiro atoms. The molecule has 0 radical (unpaired) electrons. The highest BCUT2D eigenvalue weighted by Crippen LogP contribution is 2.23. The topological polar surface area (TPSA) is 32.3 Å². The average Bonchev–Trinajstić information content (AvgIpc) is 2.27. The average molecular weight is 223 g/mol. The molecule has 0 heterocycles. The van der Waals surface area contributed by atoms with Gasteiger partial charge in [0.05, 0.1) is 12.1 Å². The van der Waals surface area contributed by atoms with Crippen LogP contribution in [0.5, 0.6) is 0 Å². The van der Waals surface area contributed by atoms with Crippen molar-refractivity contribution in [2.45, 2.75) is 44.8 Å². The second-order valence-corrected chi connectivity index (χ2v) is 4.57. The number of halogens is 1. The van der Waals surface area contributed by atoms with Crippen LogP contribution in [0.1, 0.15) is 31.2 Å². The summed E-state index contributed by atoms with van der Waals surface area (Å²) in [7, 11) is 0. The van der Waals surface area contributed by atoms with Crippen molar-refractivity contribution in [1.82, 2.24) is 0 Å². The third-order valence-electron chi connectivity index (χ3n) is 3.25. The van der Waals surface area contributed by atoms with E-state index in [1.165, 1.54) is 6.07 Å². The number of hydrogen-bond acceptors (Lipinski definition) is 2. The molecule has 88 valence electrons. The normalized spacial score (nSPS) is 25.4. The smallest absolute Gasteiger partial charge is 0.128 e. The summed E-state index contributed by atoms with van der Waals surface area (Å²) in [4.78, 5) is 0. The summed E-state index contributed by atoms with van der Waals surface area (Å²) in [6.45, 7) is 1.74. The molecule has 1 aromatic rings. The fourth-order valence-electron chi connectivity index (χ4n) is 2.18. The zero-order chi connectivity index (χ0) is 11.5. The van der Waals surface area contributed by atoms with E-state index in [1.54, 1.807) is 13.0 Å². The number of benzene rings is 1. The summed E-state index contributed by atoms with van der Waals surface area (Å²) >= 11 is 0. The van der Waals surface area contributed by atoms with Crippen molar-refractivity contribution in [2.75, 3.05) is 5.32 Å². The Morgan fingerprint density at radius 3 is 2.75 bits per heavy atom. The Bertz CT molecular complexity index is 367. The zero-order valence-corrected chi connectivity index (χ0v) is 9.54. The van der Waals surface area contributed by atoms with E-state index >= 15 is 0 Å². The van der Waals surface area contributed by atoms with Crippen molar-refractivity contribution in [3.63, 3.8) is 0 Å². The maximum atomic E-state index is 13.3. The molecule has 1 aliphatic rings. The van der Waals surface area contributed by atoms with Gasteiger partial charge in [-0.2, -0.15) is 0 Å². The number of anilines is 1. The molecule has 2 nitrogen and oxygen atoms in total. The van der Waals surface area contributed by atoms with Crippen LogP contribution in [0.3, 0.4) is 0 Å². The Balaban J connectivity index is 2.05. The quantitative estimate of drug-likeness (QED) is 0.808. The van der Waals surface area contributed by atoms with E-state index in [0.29, 0.717) is 5.56 Å². The molecule has 2 unspecified atom stereocenters. The molecule has 0 aromatic heterocycles. The predicted octanol–water partition coefficient (Wildman–Crippen LogP) is 2.85. The van der Waals surface area contributed by atoms with Gasteiger partial charge >= 0.3 is 0 Å². The molecule has 1 fully saturated rings. The lowest BCUT2D eigenvalue weighted by atomic mass is 9.92. The number of aliphatic hydroxyl groups excluding tert-OH is 1. The highest BCUT2D eigenvalue weighted by atomic mass is 19.1. The lowest BCUT2D eigenvalue weighted by molar-refractivity contribution is 0.116. The number of aryl methyl sites for hydroxylation is 1. The van der Waals surface area contributed by atoms with Crippen molar-refractivity contribution in [3.8, 4) is 0 Å². The van der Waals surface area contributed by atoms with E-state index in [1.807, 2.05) is 6.07 Å². The van der Waals surface area contributed by atoms with Crippen molar-refractivity contribution < 1.29 is 9.50 Å². The first-order chi connectivity index (χ1) is 7.66. The van der Waals surface area contributed by atoms with E-state index in [4.69, 9.17) is 0 Å². The Morgan fingerprint density at radius 1 is 1.31 bits per heavy atom. The largest absolute Gasteiger partial charge is 0.391 e. The summed E-state index contributed by atoms with van der Waals surface area (Å²) in [5, 5.41) is 13.0. The van der Waals surface area contributed by atoms with Crippen LogP contribution in [0.25, 0.3) is 0 Å². The van der Waals surface area contributed by atoms with Gasteiger partial charge in [0.15, 0.2) is 0 Å². The minimum Gasteiger partial charge on any atom is -0.391 e. The molecule has 1 aliphatic carbocycles. The second-order valence-electron chi connectivity index (χ2n) is 4.57. The Morgan fingerprint density at radius 2 is 2.06 bits per heavy atom. The summed E-state index contributed by atoms with van der Waals surface area (Å²) in [5.74, 6) is -0.199. The second kappa shape index (κ2) is 4.83. The molecule has 0 bridgehead atoms. The molecule has 3 heteroatoms. The van der Waals surface area contributed by atoms with Gasteiger partial charge in [-0.3, -0.25) is 0 Å². The van der Waals surface area contributed by atoms with Crippen molar-refractivity contribution in [2.24, 2.45) is 0 Å². The minimum absolute atomic E-state index is 0.0656. The SMILES string of the molecule is Cc1ccc(NC2CCCCC2O)cc1F. The molecule has 1 aromatic carbocycles. The molecule has 2 N–H and O–H groups in total. The zero-order valence-electron chi connectivity index (χ0n) is 9.54. The number of nitrogens with one attached hydrogen (secondary N) is 1. The third kappa shape index (κ3) is 2.53. The highest BCUT2D eigenvalue weighted by Gasteiger charge is 2.22. The number of aliphatic hydroxyl groups is 1. The molecule has 16 heavy (non-hydrogen) atoms. The molecular formula is C13H18FNO. The third-order valence-corrected chi connectivity index (χ3v) is 3.25. The van der Waals surface area contributed by atoms with Gasteiger partial charge in [-0.1, -0.05) is 18.9 Å². The first-order valence-corrected chi connectivity index (χ1v) is 5.87. The van der Waals surface area contributed by atoms with Crippen LogP contribution in [0.15, 0.2) is 18.2 Å². The lowest BCUT2D eigenvalue weighted by Gasteiger charge is -2.29. The lowest BCUT2D eigenvalue weighted by Crippen LogP contribution is -2.36. The minimum atomic E-state index is -0.307. The van der Waals surface area contributed by atoms with Crippen LogP contribution < -0.4 is 5.32 Å². The summed E-state index contributed by atoms with van der Waals surface area (Å²) in [6, 6.07) is 5.18. The maximum absolute atomic E-state index is 13.3. The van der Waals surface area contributed by atoms with Gasteiger partial charge in [0, 0.05) is 5.69 Å². The van der Waals surface area contributed by atoms with Crippen LogP contribution >= 0.6 is 0 Å². The van der Waals surface area contributed by atoms with E-state index in [9.17, 15) is 9.50 Å². The molecule has 0 saturated heterocycles.